The number of carboxylic acid groups (broad SMARTS) is 1. The molecule has 0 spiro atoms. The lowest BCUT2D eigenvalue weighted by Crippen LogP contribution is -2.16. The fourth-order valence-corrected chi connectivity index (χ4v) is 2.82. The zero-order chi connectivity index (χ0) is 12.5. The maximum atomic E-state index is 11.6. The third kappa shape index (κ3) is 2.65. The van der Waals surface area contributed by atoms with Crippen molar-refractivity contribution in [2.75, 3.05) is 11.5 Å². The molecule has 0 radical (unpaired) electrons. The Morgan fingerprint density at radius 3 is 2.56 bits per heavy atom. The number of aliphatic carboxylic acids is 1. The van der Waals surface area contributed by atoms with Crippen LogP contribution in [0.3, 0.4) is 0 Å². The van der Waals surface area contributed by atoms with Crippen molar-refractivity contribution >= 4 is 33.1 Å². The number of nitrogen functional groups attached to an aromatic ring is 1. The number of sulfone groups is 1. The Morgan fingerprint density at radius 1 is 1.50 bits per heavy atom. The summed E-state index contributed by atoms with van der Waals surface area (Å²) in [5.74, 6) is -2.37. The van der Waals surface area contributed by atoms with E-state index >= 15 is 0 Å². The monoisotopic (exact) mass is 263 g/mol. The molecule has 0 unspecified atom stereocenters. The molecule has 0 saturated carbocycles. The smallest absolute Gasteiger partial charge is 0.319 e. The van der Waals surface area contributed by atoms with Crippen molar-refractivity contribution in [3.05, 3.63) is 22.7 Å². The predicted octanol–water partition coefficient (Wildman–Crippen LogP) is 1.09. The van der Waals surface area contributed by atoms with Gasteiger partial charge in [0.05, 0.1) is 15.6 Å². The highest BCUT2D eigenvalue weighted by Crippen LogP contribution is 2.26. The van der Waals surface area contributed by atoms with Crippen LogP contribution in [-0.4, -0.2) is 25.2 Å². The lowest BCUT2D eigenvalue weighted by molar-refractivity contribution is -0.134. The highest BCUT2D eigenvalue weighted by atomic mass is 35.5. The van der Waals surface area contributed by atoms with Gasteiger partial charge < -0.3 is 10.8 Å². The first-order valence-corrected chi connectivity index (χ1v) is 6.27. The Kier molecular flexibility index (Phi) is 3.44. The summed E-state index contributed by atoms with van der Waals surface area (Å²) in [4.78, 5) is 10.3. The highest BCUT2D eigenvalue weighted by Gasteiger charge is 2.21. The van der Waals surface area contributed by atoms with Crippen LogP contribution in [0.15, 0.2) is 17.0 Å². The van der Waals surface area contributed by atoms with Crippen molar-refractivity contribution < 1.29 is 18.3 Å². The first-order valence-electron chi connectivity index (χ1n) is 4.24. The topological polar surface area (TPSA) is 97.5 Å². The molecule has 0 aliphatic rings. The minimum absolute atomic E-state index is 0.0922. The van der Waals surface area contributed by atoms with Gasteiger partial charge in [-0.3, -0.25) is 4.79 Å². The lowest BCUT2D eigenvalue weighted by atomic mass is 10.2. The molecule has 5 nitrogen and oxygen atoms in total. The molecule has 0 amide bonds. The van der Waals surface area contributed by atoms with E-state index in [9.17, 15) is 13.2 Å². The molecule has 7 heteroatoms. The van der Waals surface area contributed by atoms with Crippen LogP contribution < -0.4 is 5.73 Å². The van der Waals surface area contributed by atoms with Crippen LogP contribution in [0.5, 0.6) is 0 Å². The van der Waals surface area contributed by atoms with E-state index in [1.165, 1.54) is 19.1 Å². The predicted molar refractivity (Wildman–Crippen MR) is 60.3 cm³/mol. The molecule has 88 valence electrons. The zero-order valence-corrected chi connectivity index (χ0v) is 9.97. The summed E-state index contributed by atoms with van der Waals surface area (Å²) in [6.07, 6.45) is 0. The van der Waals surface area contributed by atoms with Crippen molar-refractivity contribution in [3.63, 3.8) is 0 Å². The van der Waals surface area contributed by atoms with Crippen molar-refractivity contribution in [1.82, 2.24) is 0 Å². The molecule has 3 N–H and O–H groups in total. The molecule has 0 aromatic heterocycles. The largest absolute Gasteiger partial charge is 0.480 e. The number of rotatable bonds is 3. The van der Waals surface area contributed by atoms with Crippen LogP contribution in [-0.2, 0) is 14.6 Å². The Labute approximate surface area is 97.8 Å². The summed E-state index contributed by atoms with van der Waals surface area (Å²) in [7, 11) is -3.87. The SMILES string of the molecule is Cc1cc(N)c(Cl)cc1S(=O)(=O)CC(=O)O. The summed E-state index contributed by atoms with van der Waals surface area (Å²) in [5, 5.41) is 8.58. The van der Waals surface area contributed by atoms with Crippen LogP contribution in [0.4, 0.5) is 5.69 Å². The Morgan fingerprint density at radius 2 is 2.06 bits per heavy atom. The van der Waals surface area contributed by atoms with E-state index in [0.29, 0.717) is 5.56 Å². The number of aryl methyl sites for hydroxylation is 1. The molecular weight excluding hydrogens is 254 g/mol. The van der Waals surface area contributed by atoms with Crippen molar-refractivity contribution in [2.24, 2.45) is 0 Å². The Hall–Kier alpha value is -1.27. The Bertz CT molecular complexity index is 539. The molecule has 0 saturated heterocycles. The van der Waals surface area contributed by atoms with E-state index in [1.807, 2.05) is 0 Å². The van der Waals surface area contributed by atoms with E-state index in [0.717, 1.165) is 0 Å². The van der Waals surface area contributed by atoms with Gasteiger partial charge in [-0.25, -0.2) is 8.42 Å². The maximum absolute atomic E-state index is 11.6. The van der Waals surface area contributed by atoms with Crippen LogP contribution in [0.2, 0.25) is 5.02 Å². The van der Waals surface area contributed by atoms with Gasteiger partial charge in [-0.15, -0.1) is 0 Å². The van der Waals surface area contributed by atoms with Gasteiger partial charge in [0.1, 0.15) is 0 Å². The van der Waals surface area contributed by atoms with Crippen LogP contribution in [0.25, 0.3) is 0 Å². The van der Waals surface area contributed by atoms with Gasteiger partial charge in [-0.2, -0.15) is 0 Å². The maximum Gasteiger partial charge on any atom is 0.319 e. The van der Waals surface area contributed by atoms with Gasteiger partial charge in [0, 0.05) is 0 Å². The highest BCUT2D eigenvalue weighted by molar-refractivity contribution is 7.92. The average molecular weight is 264 g/mol. The second-order valence-electron chi connectivity index (χ2n) is 3.29. The van der Waals surface area contributed by atoms with Crippen molar-refractivity contribution in [3.8, 4) is 0 Å². The number of nitrogens with two attached hydrogens (primary N) is 1. The summed E-state index contributed by atoms with van der Waals surface area (Å²) < 4.78 is 23.3. The molecule has 0 aliphatic carbocycles. The summed E-state index contributed by atoms with van der Waals surface area (Å²) in [6, 6.07) is 2.57. The fourth-order valence-electron chi connectivity index (χ4n) is 1.26. The number of halogens is 1. The molecule has 0 atom stereocenters. The van der Waals surface area contributed by atoms with Gasteiger partial charge in [-0.05, 0) is 24.6 Å². The zero-order valence-electron chi connectivity index (χ0n) is 8.40. The molecule has 0 bridgehead atoms. The first kappa shape index (κ1) is 12.8. The molecule has 16 heavy (non-hydrogen) atoms. The van der Waals surface area contributed by atoms with Gasteiger partial charge in [0.2, 0.25) is 0 Å². The van der Waals surface area contributed by atoms with Crippen molar-refractivity contribution in [1.29, 1.82) is 0 Å². The van der Waals surface area contributed by atoms with E-state index in [1.54, 1.807) is 0 Å². The number of hydrogen-bond donors (Lipinski definition) is 2. The van der Waals surface area contributed by atoms with E-state index < -0.39 is 21.6 Å². The molecule has 1 rings (SSSR count). The molecule has 0 aliphatic heterocycles. The lowest BCUT2D eigenvalue weighted by Gasteiger charge is -2.08. The van der Waals surface area contributed by atoms with Gasteiger partial charge in [0.15, 0.2) is 15.6 Å². The van der Waals surface area contributed by atoms with E-state index in [4.69, 9.17) is 22.4 Å². The van der Waals surface area contributed by atoms with E-state index in [2.05, 4.69) is 0 Å². The first-order chi connectivity index (χ1) is 7.24. The number of carbonyl (C=O) groups is 1. The number of anilines is 1. The van der Waals surface area contributed by atoms with Crippen molar-refractivity contribution in [2.45, 2.75) is 11.8 Å². The molecule has 0 fully saturated rings. The molecular formula is C9H10ClNO4S. The molecule has 1 aromatic rings. The van der Waals surface area contributed by atoms with Crippen LogP contribution in [0.1, 0.15) is 5.56 Å². The second kappa shape index (κ2) is 4.31. The number of hydrogen-bond acceptors (Lipinski definition) is 4. The fraction of sp³-hybridized carbons (Fsp3) is 0.222. The second-order valence-corrected chi connectivity index (χ2v) is 5.66. The summed E-state index contributed by atoms with van der Waals surface area (Å²) >= 11 is 5.69. The van der Waals surface area contributed by atoms with Crippen LogP contribution in [0, 0.1) is 6.92 Å². The third-order valence-electron chi connectivity index (χ3n) is 1.94. The van der Waals surface area contributed by atoms with Crippen LogP contribution >= 0.6 is 11.6 Å². The van der Waals surface area contributed by atoms with Gasteiger partial charge in [-0.1, -0.05) is 11.6 Å². The minimum atomic E-state index is -3.87. The van der Waals surface area contributed by atoms with Gasteiger partial charge >= 0.3 is 5.97 Å². The average Bonchev–Trinajstić information content (AvgIpc) is 2.08. The third-order valence-corrected chi connectivity index (χ3v) is 4.01. The molecule has 1 aromatic carbocycles. The standard InChI is InChI=1S/C9H10ClNO4S/c1-5-2-7(11)6(10)3-8(5)16(14,15)4-9(12)13/h2-3H,4,11H2,1H3,(H,12,13). The van der Waals surface area contributed by atoms with E-state index in [-0.39, 0.29) is 15.6 Å². The number of carboxylic acids is 1. The normalized spacial score (nSPS) is 11.4. The number of benzene rings is 1. The molecule has 0 heterocycles. The quantitative estimate of drug-likeness (QED) is 0.796. The summed E-state index contributed by atoms with van der Waals surface area (Å²) in [5.41, 5.74) is 6.13. The summed E-state index contributed by atoms with van der Waals surface area (Å²) in [6.45, 7) is 1.53. The van der Waals surface area contributed by atoms with Gasteiger partial charge in [0.25, 0.3) is 0 Å². The minimum Gasteiger partial charge on any atom is -0.480 e. The Balaban J connectivity index is 3.34.